The van der Waals surface area contributed by atoms with E-state index in [0.717, 1.165) is 40.4 Å². The first kappa shape index (κ1) is 20.3. The Morgan fingerprint density at radius 2 is 1.62 bits per heavy atom. The van der Waals surface area contributed by atoms with Gasteiger partial charge in [0, 0.05) is 33.7 Å². The molecule has 4 aromatic rings. The summed E-state index contributed by atoms with van der Waals surface area (Å²) in [6.45, 7) is 11.7. The molecule has 2 aliphatic carbocycles. The molecule has 3 aromatic heterocycles. The molecule has 0 N–H and O–H groups in total. The summed E-state index contributed by atoms with van der Waals surface area (Å²) < 4.78 is 39.7. The lowest BCUT2D eigenvalue weighted by molar-refractivity contribution is -0.0635. The first-order chi connectivity index (χ1) is 19.0. The molecule has 3 nitrogen and oxygen atoms in total. The molecule has 0 bridgehead atoms. The number of pyridine rings is 2. The Kier molecular flexibility index (Phi) is 4.48. The Balaban J connectivity index is 1.43. The number of hydrogen-bond donors (Lipinski definition) is 0. The molecule has 0 unspecified atom stereocenters. The first-order valence-corrected chi connectivity index (χ1v) is 13.8. The molecular formula is C34H42N2O. The number of fused-ring (bicyclic) bond motifs is 3. The molecule has 3 heterocycles. The van der Waals surface area contributed by atoms with Crippen LogP contribution in [0.15, 0.2) is 53.1 Å². The van der Waals surface area contributed by atoms with Gasteiger partial charge in [-0.2, -0.15) is 0 Å². The number of para-hydroxylation sites is 1. The van der Waals surface area contributed by atoms with Crippen LogP contribution in [0, 0.1) is 28.5 Å². The quantitative estimate of drug-likeness (QED) is 0.276. The number of hydrogen-bond acceptors (Lipinski definition) is 3. The highest BCUT2D eigenvalue weighted by Gasteiger charge is 2.55. The second-order valence-corrected chi connectivity index (χ2v) is 13.9. The van der Waals surface area contributed by atoms with Crippen LogP contribution in [0.5, 0.6) is 0 Å². The third kappa shape index (κ3) is 4.19. The predicted molar refractivity (Wildman–Crippen MR) is 154 cm³/mol. The molecule has 0 aliphatic heterocycles. The summed E-state index contributed by atoms with van der Waals surface area (Å²) in [7, 11) is 0. The minimum absolute atomic E-state index is 0.0166. The van der Waals surface area contributed by atoms with Crippen molar-refractivity contribution >= 4 is 22.1 Å². The highest BCUT2D eigenvalue weighted by molar-refractivity contribution is 6.08. The molecular weight excluding hydrogens is 452 g/mol. The van der Waals surface area contributed by atoms with Crippen molar-refractivity contribution in [1.82, 2.24) is 9.97 Å². The Hall–Kier alpha value is -2.68. The number of aromatic nitrogens is 2. The highest BCUT2D eigenvalue weighted by Crippen LogP contribution is 2.66. The third-order valence-electron chi connectivity index (χ3n) is 9.34. The van der Waals surface area contributed by atoms with Crippen LogP contribution in [-0.2, 0) is 0 Å². The molecule has 2 aliphatic rings. The molecule has 2 fully saturated rings. The zero-order valence-electron chi connectivity index (χ0n) is 27.2. The van der Waals surface area contributed by atoms with E-state index in [1.54, 1.807) is 12.1 Å². The second-order valence-electron chi connectivity index (χ2n) is 13.9. The zero-order chi connectivity index (χ0) is 29.6. The minimum Gasteiger partial charge on any atom is -0.437 e. The van der Waals surface area contributed by atoms with Gasteiger partial charge in [-0.1, -0.05) is 53.7 Å². The van der Waals surface area contributed by atoms with Crippen LogP contribution in [-0.4, -0.2) is 9.97 Å². The van der Waals surface area contributed by atoms with Crippen LogP contribution in [0.2, 0.25) is 0 Å². The number of aryl methyl sites for hydroxylation is 1. The molecule has 2 saturated carbocycles. The van der Waals surface area contributed by atoms with Gasteiger partial charge >= 0.3 is 0 Å². The number of benzene rings is 1. The van der Waals surface area contributed by atoms with E-state index in [1.807, 2.05) is 30.5 Å². The average molecular weight is 499 g/mol. The molecule has 0 saturated heterocycles. The van der Waals surface area contributed by atoms with Crippen LogP contribution in [0.25, 0.3) is 33.3 Å². The summed E-state index contributed by atoms with van der Waals surface area (Å²) in [6.07, 6.45) is 8.94. The van der Waals surface area contributed by atoms with E-state index in [2.05, 4.69) is 52.6 Å². The summed E-state index contributed by atoms with van der Waals surface area (Å²) in [5.74, 6) is -0.812. The topological polar surface area (TPSA) is 38.9 Å². The van der Waals surface area contributed by atoms with Gasteiger partial charge in [0.05, 0.1) is 5.69 Å². The molecule has 0 radical (unpaired) electrons. The molecule has 1 aromatic carbocycles. The fourth-order valence-corrected chi connectivity index (χ4v) is 8.24. The molecule has 1 spiro atoms. The molecule has 6 rings (SSSR count). The maximum Gasteiger partial charge on any atom is 0.227 e. The van der Waals surface area contributed by atoms with E-state index in [1.165, 1.54) is 25.7 Å². The van der Waals surface area contributed by atoms with Crippen molar-refractivity contribution in [2.24, 2.45) is 21.7 Å². The van der Waals surface area contributed by atoms with E-state index in [0.29, 0.717) is 22.1 Å². The van der Waals surface area contributed by atoms with Gasteiger partial charge in [-0.3, -0.25) is 4.98 Å². The largest absolute Gasteiger partial charge is 0.437 e. The number of rotatable bonds is 2. The summed E-state index contributed by atoms with van der Waals surface area (Å²) in [4.78, 5) is 9.08. The van der Waals surface area contributed by atoms with Crippen molar-refractivity contribution in [2.45, 2.75) is 92.8 Å². The fourth-order valence-electron chi connectivity index (χ4n) is 8.24. The SMILES string of the molecule is [2H]C([2H])([2H])c1ccc2c(n1)oc1c(-c3cc(C4([2H])C(C)(C)CC5(CCC(C)(C)CC5)CC4(C)C)ccn3)cccc12. The molecule has 0 atom stereocenters. The maximum absolute atomic E-state index is 10.2. The van der Waals surface area contributed by atoms with Gasteiger partial charge in [-0.25, -0.2) is 4.98 Å². The number of furan rings is 1. The smallest absolute Gasteiger partial charge is 0.227 e. The van der Waals surface area contributed by atoms with E-state index in [9.17, 15) is 1.37 Å². The van der Waals surface area contributed by atoms with Crippen molar-refractivity contribution in [3.63, 3.8) is 0 Å². The summed E-state index contributed by atoms with van der Waals surface area (Å²) in [5.41, 5.74) is 3.74. The van der Waals surface area contributed by atoms with Gasteiger partial charge in [-0.05, 0) is 109 Å². The van der Waals surface area contributed by atoms with Crippen molar-refractivity contribution in [1.29, 1.82) is 0 Å². The highest BCUT2D eigenvalue weighted by atomic mass is 16.3. The van der Waals surface area contributed by atoms with Crippen molar-refractivity contribution < 1.29 is 9.90 Å². The van der Waals surface area contributed by atoms with Gasteiger partial charge in [0.25, 0.3) is 0 Å². The van der Waals surface area contributed by atoms with Crippen LogP contribution < -0.4 is 0 Å². The molecule has 0 amide bonds. The standard InChI is InChI=1S/C34H42N2O/c1-22-11-12-25-24-9-8-10-26(28(24)37-30(25)36-22)27-19-23(13-18-35-27)29-32(4,5)20-34(21-33(29,6)7)16-14-31(2,3)15-17-34/h8-13,18-19,29H,14-17,20-21H2,1-7H3/i1D3,29D. The second kappa shape index (κ2) is 8.16. The first-order valence-electron chi connectivity index (χ1n) is 15.8. The Morgan fingerprint density at radius 1 is 0.892 bits per heavy atom. The molecule has 37 heavy (non-hydrogen) atoms. The van der Waals surface area contributed by atoms with Gasteiger partial charge in [0.1, 0.15) is 5.58 Å². The lowest BCUT2D eigenvalue weighted by Crippen LogP contribution is -2.49. The average Bonchev–Trinajstić information content (AvgIpc) is 3.26. The predicted octanol–water partition coefficient (Wildman–Crippen LogP) is 9.87. The van der Waals surface area contributed by atoms with Crippen LogP contribution in [0.1, 0.15) is 103 Å². The van der Waals surface area contributed by atoms with Crippen LogP contribution >= 0.6 is 0 Å². The third-order valence-corrected chi connectivity index (χ3v) is 9.34. The van der Waals surface area contributed by atoms with Crippen molar-refractivity contribution in [3.05, 3.63) is 59.9 Å². The molecule has 3 heteroatoms. The summed E-state index contributed by atoms with van der Waals surface area (Å²) in [5, 5.41) is 1.65. The van der Waals surface area contributed by atoms with E-state index >= 15 is 0 Å². The van der Waals surface area contributed by atoms with E-state index < -0.39 is 12.7 Å². The van der Waals surface area contributed by atoms with E-state index in [4.69, 9.17) is 13.5 Å². The van der Waals surface area contributed by atoms with Gasteiger partial charge in [-0.15, -0.1) is 0 Å². The Labute approximate surface area is 227 Å². The minimum atomic E-state index is -2.31. The maximum atomic E-state index is 10.2. The van der Waals surface area contributed by atoms with Gasteiger partial charge < -0.3 is 4.42 Å². The monoisotopic (exact) mass is 498 g/mol. The van der Waals surface area contributed by atoms with Crippen LogP contribution in [0.4, 0.5) is 0 Å². The van der Waals surface area contributed by atoms with Gasteiger partial charge in [0.15, 0.2) is 0 Å². The fraction of sp³-hybridized carbons (Fsp3) is 0.529. The Bertz CT molecular complexity index is 1620. The van der Waals surface area contributed by atoms with Crippen molar-refractivity contribution in [3.8, 4) is 11.3 Å². The van der Waals surface area contributed by atoms with Crippen LogP contribution in [0.3, 0.4) is 0 Å². The zero-order valence-corrected chi connectivity index (χ0v) is 23.2. The Morgan fingerprint density at radius 3 is 2.32 bits per heavy atom. The summed E-state index contributed by atoms with van der Waals surface area (Å²) >= 11 is 0. The number of nitrogens with zero attached hydrogens (tertiary/aromatic N) is 2. The lowest BCUT2D eigenvalue weighted by Gasteiger charge is -2.60. The summed E-state index contributed by atoms with van der Waals surface area (Å²) in [6, 6.07) is 13.4. The van der Waals surface area contributed by atoms with E-state index in [-0.39, 0.29) is 16.5 Å². The molecule has 194 valence electrons. The van der Waals surface area contributed by atoms with Gasteiger partial charge in [0.2, 0.25) is 5.71 Å². The van der Waals surface area contributed by atoms with Crippen molar-refractivity contribution in [2.75, 3.05) is 0 Å². The normalized spacial score (nSPS) is 27.9. The lowest BCUT2D eigenvalue weighted by atomic mass is 9.45.